The molecule has 7 nitrogen and oxygen atoms in total. The minimum Gasteiger partial charge on any atom is -0.383 e. The molecule has 3 N–H and O–H groups in total. The zero-order chi connectivity index (χ0) is 24.8. The molecule has 0 radical (unpaired) electrons. The standard InChI is InChI=1S/C28H24N6OS/c1-15(2)31-19-6-4-5-17(11-19)18-12-21-26(33-34-28(21)30-14-18)23-13-20-22(32-23)9-10-29-27(20)25-8-7-24(36-25)16(3)35/h4-15,31-32H,1-3H3,(H,30,33,34). The average molecular weight is 493 g/mol. The molecule has 0 bridgehead atoms. The first-order valence-electron chi connectivity index (χ1n) is 11.8. The van der Waals surface area contributed by atoms with Crippen molar-refractivity contribution in [1.82, 2.24) is 25.1 Å². The van der Waals surface area contributed by atoms with Gasteiger partial charge in [-0.3, -0.25) is 14.9 Å². The summed E-state index contributed by atoms with van der Waals surface area (Å²) >= 11 is 1.46. The maximum atomic E-state index is 11.8. The number of anilines is 1. The fourth-order valence-corrected chi connectivity index (χ4v) is 5.34. The molecule has 1 aromatic carbocycles. The lowest BCUT2D eigenvalue weighted by molar-refractivity contribution is 0.102. The quantitative estimate of drug-likeness (QED) is 0.219. The molecule has 0 saturated heterocycles. The van der Waals surface area contributed by atoms with Crippen molar-refractivity contribution < 1.29 is 4.79 Å². The highest BCUT2D eigenvalue weighted by Crippen LogP contribution is 2.36. The second-order valence-electron chi connectivity index (χ2n) is 9.10. The number of carbonyl (C=O) groups excluding carboxylic acids is 1. The van der Waals surface area contributed by atoms with Crippen LogP contribution < -0.4 is 5.32 Å². The van der Waals surface area contributed by atoms with Gasteiger partial charge in [-0.25, -0.2) is 4.98 Å². The Morgan fingerprint density at radius 2 is 1.89 bits per heavy atom. The molecule has 36 heavy (non-hydrogen) atoms. The van der Waals surface area contributed by atoms with Crippen molar-refractivity contribution in [2.75, 3.05) is 5.32 Å². The van der Waals surface area contributed by atoms with Gasteiger partial charge in [-0.05, 0) is 68.8 Å². The summed E-state index contributed by atoms with van der Waals surface area (Å²) in [5, 5.41) is 13.0. The van der Waals surface area contributed by atoms with E-state index >= 15 is 0 Å². The molecule has 0 atom stereocenters. The van der Waals surface area contributed by atoms with Crippen molar-refractivity contribution in [1.29, 1.82) is 0 Å². The number of ketones is 1. The molecule has 0 unspecified atom stereocenters. The molecule has 6 aromatic rings. The fraction of sp³-hybridized carbons (Fsp3) is 0.143. The second kappa shape index (κ2) is 8.73. The highest BCUT2D eigenvalue weighted by atomic mass is 32.1. The molecule has 0 fully saturated rings. The third-order valence-electron chi connectivity index (χ3n) is 6.06. The first-order valence-corrected chi connectivity index (χ1v) is 12.6. The fourth-order valence-electron chi connectivity index (χ4n) is 4.42. The van der Waals surface area contributed by atoms with Crippen molar-refractivity contribution in [3.05, 3.63) is 71.9 Å². The van der Waals surface area contributed by atoms with Gasteiger partial charge in [-0.1, -0.05) is 12.1 Å². The number of hydrogen-bond acceptors (Lipinski definition) is 6. The van der Waals surface area contributed by atoms with E-state index in [1.54, 1.807) is 13.1 Å². The summed E-state index contributed by atoms with van der Waals surface area (Å²) in [6.07, 6.45) is 3.64. The molecule has 0 aliphatic carbocycles. The van der Waals surface area contributed by atoms with E-state index in [4.69, 9.17) is 0 Å². The molecular formula is C28H24N6OS. The van der Waals surface area contributed by atoms with E-state index in [1.807, 2.05) is 24.4 Å². The highest BCUT2D eigenvalue weighted by molar-refractivity contribution is 7.17. The van der Waals surface area contributed by atoms with Crippen molar-refractivity contribution in [2.24, 2.45) is 0 Å². The van der Waals surface area contributed by atoms with E-state index in [2.05, 4.69) is 80.7 Å². The van der Waals surface area contributed by atoms with Gasteiger partial charge in [0.1, 0.15) is 0 Å². The third kappa shape index (κ3) is 3.95. The van der Waals surface area contributed by atoms with Gasteiger partial charge < -0.3 is 10.3 Å². The molecular weight excluding hydrogens is 468 g/mol. The number of thiophene rings is 1. The number of hydrogen-bond donors (Lipinski definition) is 3. The molecule has 8 heteroatoms. The predicted octanol–water partition coefficient (Wildman–Crippen LogP) is 6.92. The maximum Gasteiger partial charge on any atom is 0.181 e. The van der Waals surface area contributed by atoms with Gasteiger partial charge in [0.15, 0.2) is 11.4 Å². The molecule has 0 spiro atoms. The van der Waals surface area contributed by atoms with Crippen LogP contribution in [-0.2, 0) is 0 Å². The Morgan fingerprint density at radius 1 is 1.00 bits per heavy atom. The number of carbonyl (C=O) groups is 1. The van der Waals surface area contributed by atoms with Gasteiger partial charge in [-0.2, -0.15) is 5.10 Å². The van der Waals surface area contributed by atoms with Crippen molar-refractivity contribution in [3.63, 3.8) is 0 Å². The second-order valence-corrected chi connectivity index (χ2v) is 10.2. The minimum atomic E-state index is 0.0611. The summed E-state index contributed by atoms with van der Waals surface area (Å²) in [6, 6.07) is 18.7. The Morgan fingerprint density at radius 3 is 2.69 bits per heavy atom. The van der Waals surface area contributed by atoms with Gasteiger partial charge in [0.25, 0.3) is 0 Å². The zero-order valence-electron chi connectivity index (χ0n) is 20.1. The third-order valence-corrected chi connectivity index (χ3v) is 7.26. The van der Waals surface area contributed by atoms with Gasteiger partial charge in [0.2, 0.25) is 0 Å². The molecule has 0 aliphatic heterocycles. The number of nitrogens with zero attached hydrogens (tertiary/aromatic N) is 3. The predicted molar refractivity (Wildman–Crippen MR) is 146 cm³/mol. The van der Waals surface area contributed by atoms with E-state index in [-0.39, 0.29) is 5.78 Å². The summed E-state index contributed by atoms with van der Waals surface area (Å²) in [4.78, 5) is 26.2. The normalized spacial score (nSPS) is 11.6. The van der Waals surface area contributed by atoms with Crippen LogP contribution in [0.4, 0.5) is 5.69 Å². The number of aromatic nitrogens is 5. The van der Waals surface area contributed by atoms with E-state index in [0.29, 0.717) is 11.7 Å². The van der Waals surface area contributed by atoms with Crippen molar-refractivity contribution in [3.8, 4) is 33.1 Å². The number of rotatable bonds is 6. The van der Waals surface area contributed by atoms with Gasteiger partial charge in [0.05, 0.1) is 26.8 Å². The Labute approximate surface area is 211 Å². The van der Waals surface area contributed by atoms with Crippen LogP contribution in [0.3, 0.4) is 0 Å². The van der Waals surface area contributed by atoms with Gasteiger partial charge in [-0.15, -0.1) is 11.3 Å². The van der Waals surface area contributed by atoms with Crippen LogP contribution in [0.25, 0.3) is 55.0 Å². The molecule has 5 aromatic heterocycles. The number of aromatic amines is 2. The zero-order valence-corrected chi connectivity index (χ0v) is 20.9. The lowest BCUT2D eigenvalue weighted by Gasteiger charge is -2.11. The van der Waals surface area contributed by atoms with Gasteiger partial charge in [0, 0.05) is 46.0 Å². The molecule has 0 saturated carbocycles. The number of H-pyrrole nitrogens is 2. The minimum absolute atomic E-state index is 0.0611. The van der Waals surface area contributed by atoms with Crippen molar-refractivity contribution >= 4 is 44.7 Å². The number of fused-ring (bicyclic) bond motifs is 2. The largest absolute Gasteiger partial charge is 0.383 e. The Hall–Kier alpha value is -4.30. The topological polar surface area (TPSA) is 99.4 Å². The maximum absolute atomic E-state index is 11.8. The number of nitrogens with one attached hydrogen (secondary N) is 3. The van der Waals surface area contributed by atoms with Gasteiger partial charge >= 0.3 is 0 Å². The lowest BCUT2D eigenvalue weighted by Crippen LogP contribution is -2.09. The summed E-state index contributed by atoms with van der Waals surface area (Å²) in [5.41, 5.74) is 7.43. The summed E-state index contributed by atoms with van der Waals surface area (Å²) in [6.45, 7) is 5.83. The molecule has 178 valence electrons. The van der Waals surface area contributed by atoms with Crippen LogP contribution in [0.1, 0.15) is 30.4 Å². The Kier molecular flexibility index (Phi) is 5.38. The molecule has 0 aliphatic rings. The van der Waals surface area contributed by atoms with Crippen LogP contribution in [0, 0.1) is 0 Å². The van der Waals surface area contributed by atoms with Crippen LogP contribution in [0.5, 0.6) is 0 Å². The summed E-state index contributed by atoms with van der Waals surface area (Å²) < 4.78 is 0. The lowest BCUT2D eigenvalue weighted by atomic mass is 10.0. The first kappa shape index (κ1) is 22.2. The highest BCUT2D eigenvalue weighted by Gasteiger charge is 2.16. The monoisotopic (exact) mass is 492 g/mol. The SMILES string of the molecule is CC(=O)c1ccc(-c2nccc3[nH]c(-c4[nH]nc5ncc(-c6cccc(NC(C)C)c6)cc45)cc23)s1. The smallest absolute Gasteiger partial charge is 0.181 e. The Balaban J connectivity index is 1.43. The van der Waals surface area contributed by atoms with Crippen LogP contribution in [0.2, 0.25) is 0 Å². The van der Waals surface area contributed by atoms with E-state index < -0.39 is 0 Å². The van der Waals surface area contributed by atoms with Crippen molar-refractivity contribution in [2.45, 2.75) is 26.8 Å². The molecule has 0 amide bonds. The number of pyridine rings is 2. The number of benzene rings is 1. The summed E-state index contributed by atoms with van der Waals surface area (Å²) in [5.74, 6) is 0.0611. The molecule has 6 rings (SSSR count). The van der Waals surface area contributed by atoms with E-state index in [1.165, 1.54) is 11.3 Å². The average Bonchev–Trinajstić information content (AvgIpc) is 3.60. The van der Waals surface area contributed by atoms with Crippen LogP contribution in [0.15, 0.2) is 67.0 Å². The van der Waals surface area contributed by atoms with E-state index in [9.17, 15) is 4.79 Å². The summed E-state index contributed by atoms with van der Waals surface area (Å²) in [7, 11) is 0. The first-order chi connectivity index (χ1) is 17.5. The van der Waals surface area contributed by atoms with Crippen LogP contribution >= 0.6 is 11.3 Å². The Bertz CT molecular complexity index is 1740. The number of Topliss-reactive ketones (excluding diaryl/α,β-unsaturated/α-hetero) is 1. The molecule has 5 heterocycles. The van der Waals surface area contributed by atoms with E-state index in [0.717, 1.165) is 59.9 Å². The van der Waals surface area contributed by atoms with Crippen LogP contribution in [-0.4, -0.2) is 37.0 Å².